The van der Waals surface area contributed by atoms with Crippen LogP contribution in [0, 0.1) is 0 Å². The highest BCUT2D eigenvalue weighted by molar-refractivity contribution is 5.96. The van der Waals surface area contributed by atoms with Crippen molar-refractivity contribution >= 4 is 17.6 Å². The van der Waals surface area contributed by atoms with Crippen molar-refractivity contribution in [3.8, 4) is 0 Å². The number of carbonyl (C=O) groups is 2. The van der Waals surface area contributed by atoms with Crippen LogP contribution < -0.4 is 4.90 Å². The summed E-state index contributed by atoms with van der Waals surface area (Å²) in [6.07, 6.45) is 2.59. The van der Waals surface area contributed by atoms with Crippen LogP contribution in [0.15, 0.2) is 18.3 Å². The molecule has 1 atom stereocenters. The number of aromatic carboxylic acids is 1. The minimum atomic E-state index is -1.09. The fourth-order valence-electron chi connectivity index (χ4n) is 1.83. The standard InChI is InChI=1S/C12H14N2O4/c1-14(11(15)10-3-2-6-18-10)8-4-5-9(12(16)17)13-7-8/h4-5,7,10H,2-3,6H2,1H3,(H,16,17). The van der Waals surface area contributed by atoms with Crippen molar-refractivity contribution in [3.63, 3.8) is 0 Å². The highest BCUT2D eigenvalue weighted by atomic mass is 16.5. The molecule has 1 N–H and O–H groups in total. The van der Waals surface area contributed by atoms with Gasteiger partial charge in [-0.25, -0.2) is 9.78 Å². The Bertz CT molecular complexity index is 452. The lowest BCUT2D eigenvalue weighted by Gasteiger charge is -2.20. The van der Waals surface area contributed by atoms with Crippen molar-refractivity contribution < 1.29 is 19.4 Å². The van der Waals surface area contributed by atoms with Gasteiger partial charge in [0.25, 0.3) is 5.91 Å². The molecule has 1 aliphatic rings. The van der Waals surface area contributed by atoms with Crippen LogP contribution in [0.2, 0.25) is 0 Å². The summed E-state index contributed by atoms with van der Waals surface area (Å²) in [6.45, 7) is 0.612. The van der Waals surface area contributed by atoms with Crippen molar-refractivity contribution in [1.82, 2.24) is 4.98 Å². The van der Waals surface area contributed by atoms with Gasteiger partial charge in [0.1, 0.15) is 11.8 Å². The summed E-state index contributed by atoms with van der Waals surface area (Å²) in [5.74, 6) is -1.22. The fourth-order valence-corrected chi connectivity index (χ4v) is 1.83. The lowest BCUT2D eigenvalue weighted by molar-refractivity contribution is -0.127. The van der Waals surface area contributed by atoms with E-state index in [4.69, 9.17) is 9.84 Å². The second-order valence-electron chi connectivity index (χ2n) is 4.11. The number of pyridine rings is 1. The van der Waals surface area contributed by atoms with Gasteiger partial charge < -0.3 is 14.7 Å². The van der Waals surface area contributed by atoms with E-state index >= 15 is 0 Å². The molecular weight excluding hydrogens is 236 g/mol. The summed E-state index contributed by atoms with van der Waals surface area (Å²) in [7, 11) is 1.63. The predicted octanol–water partition coefficient (Wildman–Crippen LogP) is 0.922. The van der Waals surface area contributed by atoms with Gasteiger partial charge >= 0.3 is 5.97 Å². The maximum Gasteiger partial charge on any atom is 0.354 e. The Hall–Kier alpha value is -1.95. The molecule has 1 amide bonds. The minimum absolute atomic E-state index is 0.0447. The Morgan fingerprint density at radius 3 is 2.78 bits per heavy atom. The first kappa shape index (κ1) is 12.5. The normalized spacial score (nSPS) is 18.6. The Labute approximate surface area is 104 Å². The maximum atomic E-state index is 12.0. The molecule has 0 bridgehead atoms. The van der Waals surface area contributed by atoms with E-state index < -0.39 is 12.1 Å². The number of hydrogen-bond donors (Lipinski definition) is 1. The quantitative estimate of drug-likeness (QED) is 0.862. The fraction of sp³-hybridized carbons (Fsp3) is 0.417. The summed E-state index contributed by atoms with van der Waals surface area (Å²) in [6, 6.07) is 2.93. The van der Waals surface area contributed by atoms with Gasteiger partial charge in [0.2, 0.25) is 0 Å². The number of amides is 1. The highest BCUT2D eigenvalue weighted by Gasteiger charge is 2.27. The van der Waals surface area contributed by atoms with E-state index in [0.29, 0.717) is 12.3 Å². The topological polar surface area (TPSA) is 79.7 Å². The molecule has 1 fully saturated rings. The molecule has 2 heterocycles. The third-order valence-corrected chi connectivity index (χ3v) is 2.89. The number of anilines is 1. The molecule has 2 rings (SSSR count). The van der Waals surface area contributed by atoms with Gasteiger partial charge in [-0.2, -0.15) is 0 Å². The monoisotopic (exact) mass is 250 g/mol. The lowest BCUT2D eigenvalue weighted by atomic mass is 10.2. The van der Waals surface area contributed by atoms with Crippen LogP contribution in [-0.4, -0.2) is 41.7 Å². The van der Waals surface area contributed by atoms with Gasteiger partial charge in [-0.15, -0.1) is 0 Å². The van der Waals surface area contributed by atoms with Crippen LogP contribution in [0.1, 0.15) is 23.3 Å². The van der Waals surface area contributed by atoms with Gasteiger partial charge in [0, 0.05) is 13.7 Å². The number of likely N-dealkylation sites (N-methyl/N-ethyl adjacent to an activating group) is 1. The molecule has 0 spiro atoms. The molecule has 6 heteroatoms. The zero-order valence-electron chi connectivity index (χ0n) is 10.00. The first-order valence-corrected chi connectivity index (χ1v) is 5.68. The van der Waals surface area contributed by atoms with Gasteiger partial charge in [0.05, 0.1) is 11.9 Å². The summed E-state index contributed by atoms with van der Waals surface area (Å²) >= 11 is 0. The number of hydrogen-bond acceptors (Lipinski definition) is 4. The largest absolute Gasteiger partial charge is 0.477 e. The van der Waals surface area contributed by atoms with Gasteiger partial charge in [-0.1, -0.05) is 0 Å². The van der Waals surface area contributed by atoms with Crippen LogP contribution >= 0.6 is 0 Å². The van der Waals surface area contributed by atoms with Crippen LogP contribution in [-0.2, 0) is 9.53 Å². The average molecular weight is 250 g/mol. The molecule has 96 valence electrons. The average Bonchev–Trinajstić information content (AvgIpc) is 2.91. The molecule has 1 unspecified atom stereocenters. The Morgan fingerprint density at radius 1 is 1.50 bits per heavy atom. The Balaban J connectivity index is 2.10. The predicted molar refractivity (Wildman–Crippen MR) is 63.6 cm³/mol. The molecule has 1 aromatic rings. The van der Waals surface area contributed by atoms with Crippen LogP contribution in [0.4, 0.5) is 5.69 Å². The summed E-state index contributed by atoms with van der Waals surface area (Å²) in [4.78, 5) is 27.9. The van der Waals surface area contributed by atoms with Crippen molar-refractivity contribution in [2.24, 2.45) is 0 Å². The van der Waals surface area contributed by atoms with E-state index in [1.807, 2.05) is 0 Å². The number of carboxylic acids is 1. The molecule has 0 saturated carbocycles. The molecule has 1 aliphatic heterocycles. The SMILES string of the molecule is CN(C(=O)C1CCCO1)c1ccc(C(=O)O)nc1. The van der Waals surface area contributed by atoms with Crippen LogP contribution in [0.5, 0.6) is 0 Å². The van der Waals surface area contributed by atoms with E-state index in [0.717, 1.165) is 12.8 Å². The zero-order valence-corrected chi connectivity index (χ0v) is 10.00. The number of carboxylic acid groups (broad SMARTS) is 1. The van der Waals surface area contributed by atoms with E-state index in [2.05, 4.69) is 4.98 Å². The molecule has 1 aromatic heterocycles. The van der Waals surface area contributed by atoms with Crippen molar-refractivity contribution in [3.05, 3.63) is 24.0 Å². The highest BCUT2D eigenvalue weighted by Crippen LogP contribution is 2.18. The van der Waals surface area contributed by atoms with Crippen molar-refractivity contribution in [2.45, 2.75) is 18.9 Å². The Kier molecular flexibility index (Phi) is 3.57. The van der Waals surface area contributed by atoms with Crippen LogP contribution in [0.25, 0.3) is 0 Å². The number of ether oxygens (including phenoxy) is 1. The van der Waals surface area contributed by atoms with Crippen molar-refractivity contribution in [1.29, 1.82) is 0 Å². The molecule has 1 saturated heterocycles. The zero-order chi connectivity index (χ0) is 13.1. The number of rotatable bonds is 3. The molecule has 0 aromatic carbocycles. The third kappa shape index (κ3) is 2.48. The minimum Gasteiger partial charge on any atom is -0.477 e. The third-order valence-electron chi connectivity index (χ3n) is 2.89. The molecule has 18 heavy (non-hydrogen) atoms. The van der Waals surface area contributed by atoms with Gasteiger partial charge in [-0.05, 0) is 25.0 Å². The smallest absolute Gasteiger partial charge is 0.354 e. The van der Waals surface area contributed by atoms with Gasteiger partial charge in [0.15, 0.2) is 0 Å². The molecule has 6 nitrogen and oxygen atoms in total. The van der Waals surface area contributed by atoms with Gasteiger partial charge in [-0.3, -0.25) is 4.79 Å². The molecule has 0 radical (unpaired) electrons. The van der Waals surface area contributed by atoms with E-state index in [1.54, 1.807) is 13.1 Å². The second kappa shape index (κ2) is 5.14. The number of nitrogens with zero attached hydrogens (tertiary/aromatic N) is 2. The maximum absolute atomic E-state index is 12.0. The second-order valence-corrected chi connectivity index (χ2v) is 4.11. The summed E-state index contributed by atoms with van der Waals surface area (Å²) < 4.78 is 5.31. The van der Waals surface area contributed by atoms with E-state index in [-0.39, 0.29) is 11.6 Å². The molecule has 0 aliphatic carbocycles. The van der Waals surface area contributed by atoms with E-state index in [9.17, 15) is 9.59 Å². The summed E-state index contributed by atoms with van der Waals surface area (Å²) in [5, 5.41) is 8.73. The first-order valence-electron chi connectivity index (χ1n) is 5.68. The summed E-state index contributed by atoms with van der Waals surface area (Å²) in [5.41, 5.74) is 0.511. The number of carbonyl (C=O) groups excluding carboxylic acids is 1. The van der Waals surface area contributed by atoms with Crippen LogP contribution in [0.3, 0.4) is 0 Å². The Morgan fingerprint density at radius 2 is 2.28 bits per heavy atom. The molecular formula is C12H14N2O4. The number of aromatic nitrogens is 1. The first-order chi connectivity index (χ1) is 8.59. The lowest BCUT2D eigenvalue weighted by Crippen LogP contribution is -2.36. The van der Waals surface area contributed by atoms with Crippen molar-refractivity contribution in [2.75, 3.05) is 18.6 Å². The van der Waals surface area contributed by atoms with E-state index in [1.165, 1.54) is 17.2 Å².